The van der Waals surface area contributed by atoms with E-state index in [2.05, 4.69) is 25.7 Å². The third kappa shape index (κ3) is 6.31. The van der Waals surface area contributed by atoms with Crippen molar-refractivity contribution in [3.05, 3.63) is 47.0 Å². The van der Waals surface area contributed by atoms with E-state index in [1.807, 2.05) is 49.3 Å². The number of hydrogen-bond donors (Lipinski definition) is 2. The topological polar surface area (TPSA) is 103 Å². The quantitative estimate of drug-likeness (QED) is 0.213. The van der Waals surface area contributed by atoms with Gasteiger partial charge in [-0.2, -0.15) is 14.4 Å². The van der Waals surface area contributed by atoms with Gasteiger partial charge in [0.2, 0.25) is 23.4 Å². The highest BCUT2D eigenvalue weighted by molar-refractivity contribution is 6.28. The van der Waals surface area contributed by atoms with Crippen LogP contribution in [-0.2, 0) is 21.0 Å². The lowest BCUT2D eigenvalue weighted by molar-refractivity contribution is -0.182. The maximum atomic E-state index is 15.6. The largest absolute Gasteiger partial charge is 0.352 e. The first kappa shape index (κ1) is 28.5. The Morgan fingerprint density at radius 3 is 2.70 bits per heavy atom. The lowest BCUT2D eigenvalue weighted by Crippen LogP contribution is -2.42. The second kappa shape index (κ2) is 12.2. The molecule has 3 aliphatic rings. The van der Waals surface area contributed by atoms with Crippen LogP contribution in [0.1, 0.15) is 44.1 Å². The molecule has 1 saturated heterocycles. The van der Waals surface area contributed by atoms with Gasteiger partial charge in [-0.05, 0) is 55.9 Å². The van der Waals surface area contributed by atoms with Crippen LogP contribution >= 0.6 is 11.6 Å². The minimum atomic E-state index is -0.673. The fraction of sp³-hybridized carbons (Fsp3) is 0.571. The summed E-state index contributed by atoms with van der Waals surface area (Å²) in [7, 11) is 4.07. The van der Waals surface area contributed by atoms with E-state index in [1.165, 1.54) is 0 Å². The van der Waals surface area contributed by atoms with Crippen molar-refractivity contribution in [2.24, 2.45) is 17.8 Å². The number of hydrogen-bond acceptors (Lipinski definition) is 8. The molecule has 1 aromatic heterocycles. The SMILES string of the molecule is CN(C)C12CC1CN(c1nc(Cl)nc(NNC(=O)[C@@H](CC3CCCC3)CN(C=O)OCc3ccccc3)c1F)C2. The van der Waals surface area contributed by atoms with Crippen LogP contribution < -0.4 is 15.8 Å². The molecule has 2 N–H and O–H groups in total. The third-order valence-electron chi connectivity index (χ3n) is 8.63. The van der Waals surface area contributed by atoms with Crippen LogP contribution in [0.4, 0.5) is 16.0 Å². The van der Waals surface area contributed by atoms with E-state index in [0.29, 0.717) is 37.8 Å². The molecule has 216 valence electrons. The van der Waals surface area contributed by atoms with Crippen molar-refractivity contribution in [3.63, 3.8) is 0 Å². The molecule has 3 fully saturated rings. The number of halogens is 2. The Labute approximate surface area is 239 Å². The number of piperidine rings is 1. The Morgan fingerprint density at radius 1 is 1.27 bits per heavy atom. The maximum absolute atomic E-state index is 15.6. The zero-order chi connectivity index (χ0) is 28.3. The van der Waals surface area contributed by atoms with E-state index in [-0.39, 0.29) is 41.5 Å². The Balaban J connectivity index is 1.24. The zero-order valence-electron chi connectivity index (χ0n) is 23.0. The highest BCUT2D eigenvalue weighted by Gasteiger charge is 2.62. The number of nitrogens with one attached hydrogen (secondary N) is 2. The molecule has 2 saturated carbocycles. The molecule has 10 nitrogen and oxygen atoms in total. The molecule has 0 radical (unpaired) electrons. The summed E-state index contributed by atoms with van der Waals surface area (Å²) < 4.78 is 15.6. The van der Waals surface area contributed by atoms with Gasteiger partial charge in [-0.15, -0.1) is 0 Å². The maximum Gasteiger partial charge on any atom is 0.243 e. The summed E-state index contributed by atoms with van der Waals surface area (Å²) >= 11 is 6.17. The van der Waals surface area contributed by atoms with E-state index >= 15 is 4.39 Å². The number of carbonyl (C=O) groups excluding carboxylic acids is 2. The van der Waals surface area contributed by atoms with Crippen molar-refractivity contribution < 1.29 is 18.8 Å². The second-order valence-electron chi connectivity index (χ2n) is 11.4. The normalized spacial score (nSPS) is 22.7. The van der Waals surface area contributed by atoms with Crippen molar-refractivity contribution in [1.82, 2.24) is 25.4 Å². The number of rotatable bonds is 13. The van der Waals surface area contributed by atoms with Gasteiger partial charge in [-0.25, -0.2) is 5.06 Å². The molecule has 5 rings (SSSR count). The van der Waals surface area contributed by atoms with E-state index in [9.17, 15) is 9.59 Å². The van der Waals surface area contributed by atoms with E-state index in [1.54, 1.807) is 0 Å². The van der Waals surface area contributed by atoms with Crippen molar-refractivity contribution in [2.75, 3.05) is 44.1 Å². The molecular weight excluding hydrogens is 537 g/mol. The molecule has 40 heavy (non-hydrogen) atoms. The Bertz CT molecular complexity index is 1200. The fourth-order valence-corrected chi connectivity index (χ4v) is 6.38. The Morgan fingerprint density at radius 2 is 2.02 bits per heavy atom. The molecule has 1 aliphatic heterocycles. The minimum Gasteiger partial charge on any atom is -0.352 e. The Hall–Kier alpha value is -3.02. The number of fused-ring (bicyclic) bond motifs is 1. The number of nitrogens with zero attached hydrogens (tertiary/aromatic N) is 5. The zero-order valence-corrected chi connectivity index (χ0v) is 23.7. The van der Waals surface area contributed by atoms with Gasteiger partial charge in [0.15, 0.2) is 11.6 Å². The molecule has 1 aromatic carbocycles. The van der Waals surface area contributed by atoms with Crippen LogP contribution in [0.15, 0.2) is 30.3 Å². The summed E-state index contributed by atoms with van der Waals surface area (Å²) in [4.78, 5) is 43.1. The lowest BCUT2D eigenvalue weighted by atomic mass is 9.92. The second-order valence-corrected chi connectivity index (χ2v) is 11.8. The van der Waals surface area contributed by atoms with E-state index in [4.69, 9.17) is 16.4 Å². The van der Waals surface area contributed by atoms with Crippen LogP contribution in [0.25, 0.3) is 0 Å². The van der Waals surface area contributed by atoms with Gasteiger partial charge in [0.1, 0.15) is 6.61 Å². The number of amides is 2. The van der Waals surface area contributed by atoms with Crippen LogP contribution in [0, 0.1) is 23.6 Å². The summed E-state index contributed by atoms with van der Waals surface area (Å²) in [6, 6.07) is 9.49. The van der Waals surface area contributed by atoms with E-state index in [0.717, 1.165) is 42.7 Å². The number of anilines is 2. The standard InChI is InChI=1S/C28H37ClFN7O3/c1-35(2)28-13-22(28)15-36(17-28)25-23(30)24(31-27(29)32-25)33-34-26(39)21(12-19-8-6-7-9-19)14-37(18-38)40-16-20-10-4-3-5-11-20/h3-5,10-11,18-19,21-22H,6-9,12-17H2,1-2H3,(H,34,39)(H,31,32,33)/t21-,22?,28?/m0/s1. The minimum absolute atomic E-state index is 0.0339. The van der Waals surface area contributed by atoms with Crippen molar-refractivity contribution >= 4 is 35.6 Å². The molecule has 2 amide bonds. The van der Waals surface area contributed by atoms with Gasteiger partial charge >= 0.3 is 0 Å². The highest BCUT2D eigenvalue weighted by atomic mass is 35.5. The van der Waals surface area contributed by atoms with Crippen LogP contribution in [0.2, 0.25) is 5.28 Å². The molecule has 0 bridgehead atoms. The van der Waals surface area contributed by atoms with Crippen molar-refractivity contribution in [1.29, 1.82) is 0 Å². The van der Waals surface area contributed by atoms with Gasteiger partial charge < -0.3 is 9.80 Å². The summed E-state index contributed by atoms with van der Waals surface area (Å²) in [5.41, 5.74) is 6.18. The average Bonchev–Trinajstić information content (AvgIpc) is 3.26. The first-order valence-corrected chi connectivity index (χ1v) is 14.3. The van der Waals surface area contributed by atoms with Gasteiger partial charge in [-0.1, -0.05) is 56.0 Å². The first-order valence-electron chi connectivity index (χ1n) is 13.9. The fourth-order valence-electron chi connectivity index (χ4n) is 6.22. The predicted octanol–water partition coefficient (Wildman–Crippen LogP) is 3.64. The molecule has 2 aromatic rings. The predicted molar refractivity (Wildman–Crippen MR) is 150 cm³/mol. The smallest absolute Gasteiger partial charge is 0.243 e. The monoisotopic (exact) mass is 573 g/mol. The van der Waals surface area contributed by atoms with Crippen LogP contribution in [0.5, 0.6) is 0 Å². The van der Waals surface area contributed by atoms with Crippen LogP contribution in [-0.4, -0.2) is 71.5 Å². The van der Waals surface area contributed by atoms with Gasteiger partial charge in [0.25, 0.3) is 0 Å². The van der Waals surface area contributed by atoms with Crippen LogP contribution in [0.3, 0.4) is 0 Å². The average molecular weight is 574 g/mol. The summed E-state index contributed by atoms with van der Waals surface area (Å²) in [5, 5.41) is 1.04. The van der Waals surface area contributed by atoms with Gasteiger partial charge in [0.05, 0.1) is 12.5 Å². The molecule has 2 heterocycles. The molecule has 0 spiro atoms. The van der Waals surface area contributed by atoms with E-state index < -0.39 is 11.7 Å². The number of hydrazine groups is 1. The number of likely N-dealkylation sites (N-methyl/N-ethyl adjacent to an activating group) is 1. The van der Waals surface area contributed by atoms with Gasteiger partial charge in [0, 0.05) is 18.6 Å². The van der Waals surface area contributed by atoms with Gasteiger partial charge in [-0.3, -0.25) is 25.3 Å². The highest BCUT2D eigenvalue weighted by Crippen LogP contribution is 2.53. The summed E-state index contributed by atoms with van der Waals surface area (Å²) in [5.74, 6) is -0.875. The first-order chi connectivity index (χ1) is 19.3. The lowest BCUT2D eigenvalue weighted by Gasteiger charge is -2.27. The molecule has 12 heteroatoms. The Kier molecular flexibility index (Phi) is 8.72. The number of aromatic nitrogens is 2. The number of benzene rings is 1. The van der Waals surface area contributed by atoms with Crippen molar-refractivity contribution in [2.45, 2.75) is 50.7 Å². The number of carbonyl (C=O) groups is 2. The summed E-state index contributed by atoms with van der Waals surface area (Å²) in [6.07, 6.45) is 6.57. The molecule has 2 aliphatic carbocycles. The summed E-state index contributed by atoms with van der Waals surface area (Å²) in [6.45, 7) is 1.60. The number of hydroxylamine groups is 2. The third-order valence-corrected chi connectivity index (χ3v) is 8.80. The molecule has 3 atom stereocenters. The molecular formula is C28H37ClFN7O3. The molecule has 2 unspecified atom stereocenters. The van der Waals surface area contributed by atoms with Crippen molar-refractivity contribution in [3.8, 4) is 0 Å².